The molecule has 3 N–H and O–H groups in total. The van der Waals surface area contributed by atoms with Crippen molar-refractivity contribution in [2.45, 2.75) is 75.6 Å². The van der Waals surface area contributed by atoms with E-state index < -0.39 is 53.3 Å². The number of carboxylic acids is 1. The van der Waals surface area contributed by atoms with E-state index in [1.807, 2.05) is 54.6 Å². The van der Waals surface area contributed by atoms with Gasteiger partial charge in [0.25, 0.3) is 5.91 Å². The smallest absolute Gasteiger partial charge is 0.330 e. The van der Waals surface area contributed by atoms with E-state index in [0.717, 1.165) is 40.9 Å². The topological polar surface area (TPSA) is 164 Å². The Bertz CT molecular complexity index is 1980. The van der Waals surface area contributed by atoms with Crippen LogP contribution in [0.4, 0.5) is 0 Å². The summed E-state index contributed by atoms with van der Waals surface area (Å²) >= 11 is 0. The second-order valence-electron chi connectivity index (χ2n) is 13.3. The number of aryl methyl sites for hydroxylation is 1. The number of para-hydroxylation sites is 1. The molecule has 51 heavy (non-hydrogen) atoms. The van der Waals surface area contributed by atoms with Gasteiger partial charge in [0.1, 0.15) is 29.4 Å². The number of carbonyl (C=O) groups is 4. The molecule has 12 nitrogen and oxygen atoms in total. The molecule has 12 heteroatoms. The minimum absolute atomic E-state index is 0.0118. The second kappa shape index (κ2) is 15.1. The molecular formula is C39H42N6O6. The number of unbranched alkanes of at least 4 members (excludes halogenated alkanes) is 3. The Morgan fingerprint density at radius 2 is 1.76 bits per heavy atom. The molecule has 1 saturated carbocycles. The van der Waals surface area contributed by atoms with Crippen molar-refractivity contribution < 1.29 is 29.0 Å². The third-order valence-electron chi connectivity index (χ3n) is 9.75. The van der Waals surface area contributed by atoms with Crippen LogP contribution >= 0.6 is 0 Å². The van der Waals surface area contributed by atoms with E-state index in [0.29, 0.717) is 24.4 Å². The van der Waals surface area contributed by atoms with Gasteiger partial charge in [0.05, 0.1) is 24.0 Å². The van der Waals surface area contributed by atoms with Crippen LogP contribution in [-0.4, -0.2) is 78.9 Å². The summed E-state index contributed by atoms with van der Waals surface area (Å²) in [5, 5.41) is 18.3. The second-order valence-corrected chi connectivity index (χ2v) is 13.3. The molecule has 1 saturated heterocycles. The van der Waals surface area contributed by atoms with E-state index in [9.17, 15) is 24.3 Å². The zero-order valence-corrected chi connectivity index (χ0v) is 28.6. The summed E-state index contributed by atoms with van der Waals surface area (Å²) in [6, 6.07) is 13.4. The monoisotopic (exact) mass is 690 g/mol. The number of pyridine rings is 1. The zero-order valence-electron chi connectivity index (χ0n) is 28.6. The molecule has 0 bridgehead atoms. The van der Waals surface area contributed by atoms with E-state index in [1.165, 1.54) is 23.4 Å². The number of likely N-dealkylation sites (tertiary alicyclic amines) is 1. The predicted molar refractivity (Wildman–Crippen MR) is 192 cm³/mol. The van der Waals surface area contributed by atoms with Crippen molar-refractivity contribution in [1.29, 1.82) is 0 Å². The van der Waals surface area contributed by atoms with Crippen LogP contribution in [0.1, 0.15) is 61.1 Å². The highest BCUT2D eigenvalue weighted by Crippen LogP contribution is 2.45. The van der Waals surface area contributed by atoms with Crippen LogP contribution in [-0.2, 0) is 14.4 Å². The molecular weight excluding hydrogens is 648 g/mol. The molecule has 1 aliphatic heterocycles. The van der Waals surface area contributed by atoms with E-state index in [-0.39, 0.29) is 25.1 Å². The van der Waals surface area contributed by atoms with Gasteiger partial charge in [-0.05, 0) is 50.1 Å². The number of nitrogens with one attached hydrogen (secondary N) is 2. The van der Waals surface area contributed by atoms with Crippen LogP contribution in [0, 0.1) is 12.8 Å². The summed E-state index contributed by atoms with van der Waals surface area (Å²) in [5.74, 6) is -2.90. The largest absolute Gasteiger partial charge is 0.479 e. The minimum Gasteiger partial charge on any atom is -0.479 e. The maximum atomic E-state index is 14.5. The number of benzene rings is 2. The molecule has 264 valence electrons. The Labute approximate surface area is 296 Å². The predicted octanol–water partition coefficient (Wildman–Crippen LogP) is 4.92. The maximum Gasteiger partial charge on any atom is 0.330 e. The lowest BCUT2D eigenvalue weighted by Crippen LogP contribution is -2.56. The number of carbonyl (C=O) groups excluding carboxylic acids is 3. The molecule has 2 aliphatic rings. The third kappa shape index (κ3) is 7.45. The number of aliphatic carboxylic acids is 1. The van der Waals surface area contributed by atoms with Crippen molar-refractivity contribution >= 4 is 45.4 Å². The first-order chi connectivity index (χ1) is 24.6. The fourth-order valence-electron chi connectivity index (χ4n) is 6.83. The van der Waals surface area contributed by atoms with Gasteiger partial charge in [-0.25, -0.2) is 14.8 Å². The highest BCUT2D eigenvalue weighted by Gasteiger charge is 2.61. The quantitative estimate of drug-likeness (QED) is 0.0893. The molecule has 4 aromatic rings. The van der Waals surface area contributed by atoms with Crippen LogP contribution in [0.25, 0.3) is 21.7 Å². The molecule has 3 heterocycles. The van der Waals surface area contributed by atoms with E-state index in [2.05, 4.69) is 33.8 Å². The Kier molecular flexibility index (Phi) is 10.4. The molecule has 5 atom stereocenters. The van der Waals surface area contributed by atoms with Crippen molar-refractivity contribution in [2.75, 3.05) is 6.54 Å². The lowest BCUT2D eigenvalue weighted by atomic mass is 10.0. The summed E-state index contributed by atoms with van der Waals surface area (Å²) in [6.45, 7) is 9.26. The van der Waals surface area contributed by atoms with E-state index in [1.54, 1.807) is 6.92 Å². The normalized spacial score (nSPS) is 21.5. The SMILES string of the molecule is C=CCCCCC[C@H](NC(=O)c1cnc(C)cn1)C(=O)N1C[C@H](Oc2nc3ccccc3c3ccccc23)C[C@H]1C(=O)NC1(C(=O)O)CC1C=C. The average Bonchev–Trinajstić information content (AvgIpc) is 3.70. The van der Waals surface area contributed by atoms with Gasteiger partial charge in [-0.15, -0.1) is 13.2 Å². The van der Waals surface area contributed by atoms with Gasteiger partial charge in [0.15, 0.2) is 0 Å². The summed E-state index contributed by atoms with van der Waals surface area (Å²) in [4.78, 5) is 68.7. The molecule has 0 radical (unpaired) electrons. The number of hydrogen-bond acceptors (Lipinski definition) is 8. The van der Waals surface area contributed by atoms with Crippen LogP contribution in [0.3, 0.4) is 0 Å². The van der Waals surface area contributed by atoms with Gasteiger partial charge >= 0.3 is 5.97 Å². The number of nitrogens with zero attached hydrogens (tertiary/aromatic N) is 4. The number of amides is 3. The van der Waals surface area contributed by atoms with Gasteiger partial charge in [0, 0.05) is 29.3 Å². The van der Waals surface area contributed by atoms with Crippen molar-refractivity contribution in [3.05, 3.63) is 97.6 Å². The summed E-state index contributed by atoms with van der Waals surface area (Å²) in [6.07, 6.45) is 9.24. The molecule has 2 aromatic heterocycles. The van der Waals surface area contributed by atoms with Gasteiger partial charge < -0.3 is 25.4 Å². The number of ether oxygens (including phenoxy) is 1. The van der Waals surface area contributed by atoms with Gasteiger partial charge in [-0.1, -0.05) is 61.4 Å². The van der Waals surface area contributed by atoms with E-state index in [4.69, 9.17) is 9.72 Å². The number of hydrogen-bond donors (Lipinski definition) is 3. The fourth-order valence-corrected chi connectivity index (χ4v) is 6.83. The number of allylic oxidation sites excluding steroid dienone is 1. The summed E-state index contributed by atoms with van der Waals surface area (Å²) in [7, 11) is 0. The summed E-state index contributed by atoms with van der Waals surface area (Å²) in [5.41, 5.74) is -0.0623. The van der Waals surface area contributed by atoms with Crippen molar-refractivity contribution in [2.24, 2.45) is 5.92 Å². The lowest BCUT2D eigenvalue weighted by molar-refractivity contribution is -0.145. The Hall–Kier alpha value is -5.65. The molecule has 2 aromatic carbocycles. The number of fused-ring (bicyclic) bond motifs is 3. The molecule has 6 rings (SSSR count). The summed E-state index contributed by atoms with van der Waals surface area (Å²) < 4.78 is 6.53. The highest BCUT2D eigenvalue weighted by atomic mass is 16.5. The first-order valence-electron chi connectivity index (χ1n) is 17.3. The van der Waals surface area contributed by atoms with Gasteiger partial charge in [-0.2, -0.15) is 0 Å². The zero-order chi connectivity index (χ0) is 36.1. The van der Waals surface area contributed by atoms with Crippen LogP contribution in [0.5, 0.6) is 5.88 Å². The van der Waals surface area contributed by atoms with Crippen LogP contribution in [0.2, 0.25) is 0 Å². The highest BCUT2D eigenvalue weighted by molar-refractivity contribution is 6.07. The van der Waals surface area contributed by atoms with Gasteiger partial charge in [-0.3, -0.25) is 19.4 Å². The standard InChI is InChI=1S/C39H42N6O6/c1-4-6-7-8-9-18-31(42-34(46)32-22-40-24(3)21-41-32)37(48)45-23-26(19-33(45)35(47)44-39(38(49)50)20-25(39)5-2)51-36-29-16-11-10-14-27(29)28-15-12-13-17-30(28)43-36/h4-5,10-17,21-22,25-26,31,33H,1-2,6-9,18-20,23H2,3H3,(H,42,46)(H,44,47)(H,49,50)/t25?,26-,31+,33+,39?/m1/s1. The van der Waals surface area contributed by atoms with Crippen molar-refractivity contribution in [3.8, 4) is 5.88 Å². The Balaban J connectivity index is 1.30. The third-order valence-corrected chi connectivity index (χ3v) is 9.75. The van der Waals surface area contributed by atoms with Crippen molar-refractivity contribution in [1.82, 2.24) is 30.5 Å². The molecule has 0 spiro atoms. The first-order valence-corrected chi connectivity index (χ1v) is 17.3. The average molecular weight is 691 g/mol. The molecule has 2 unspecified atom stereocenters. The Morgan fingerprint density at radius 3 is 2.45 bits per heavy atom. The van der Waals surface area contributed by atoms with E-state index >= 15 is 0 Å². The molecule has 2 fully saturated rings. The maximum absolute atomic E-state index is 14.5. The Morgan fingerprint density at radius 1 is 1.02 bits per heavy atom. The van der Waals surface area contributed by atoms with Gasteiger partial charge in [0.2, 0.25) is 17.7 Å². The number of rotatable bonds is 15. The fraction of sp³-hybridized carbons (Fsp3) is 0.359. The van der Waals surface area contributed by atoms with Crippen LogP contribution < -0.4 is 15.4 Å². The van der Waals surface area contributed by atoms with Crippen molar-refractivity contribution in [3.63, 3.8) is 0 Å². The first kappa shape index (κ1) is 35.2. The minimum atomic E-state index is -1.49. The lowest BCUT2D eigenvalue weighted by Gasteiger charge is -2.29. The number of carboxylic acid groups (broad SMARTS) is 1. The molecule has 3 amide bonds. The number of aromatic nitrogens is 3. The molecule has 1 aliphatic carbocycles. The van der Waals surface area contributed by atoms with Crippen LogP contribution in [0.15, 0.2) is 86.2 Å².